The van der Waals surface area contributed by atoms with Gasteiger partial charge in [0.2, 0.25) is 0 Å². The fourth-order valence-electron chi connectivity index (χ4n) is 2.54. The van der Waals surface area contributed by atoms with E-state index >= 15 is 0 Å². The normalized spacial score (nSPS) is 12.2. The Hall–Kier alpha value is -3.59. The molecule has 0 fully saturated rings. The number of ether oxygens (including phenoxy) is 2. The van der Waals surface area contributed by atoms with Gasteiger partial charge in [0.05, 0.1) is 14.2 Å². The summed E-state index contributed by atoms with van der Waals surface area (Å²) in [5, 5.41) is 11.7. The first kappa shape index (κ1) is 21.7. The largest absolute Gasteiger partial charge is 0.497 e. The first-order valence-electron chi connectivity index (χ1n) is 8.74. The molecule has 154 valence electrons. The Labute approximate surface area is 168 Å². The smallest absolute Gasteiger partial charge is 0.320 e. The van der Waals surface area contributed by atoms with Crippen LogP contribution in [0.5, 0.6) is 11.5 Å². The summed E-state index contributed by atoms with van der Waals surface area (Å²) >= 11 is 0. The van der Waals surface area contributed by atoms with Gasteiger partial charge in [-0.1, -0.05) is 12.1 Å². The summed E-state index contributed by atoms with van der Waals surface area (Å²) in [5.74, 6) is -0.343. The Bertz CT molecular complexity index is 896. The lowest BCUT2D eigenvalue weighted by molar-refractivity contribution is -0.138. The number of carbonyl (C=O) groups is 2. The zero-order chi connectivity index (χ0) is 21.4. The predicted molar refractivity (Wildman–Crippen MR) is 108 cm³/mol. The minimum atomic E-state index is -1.08. The molecule has 0 aliphatic heterocycles. The molecule has 6 N–H and O–H groups in total. The van der Waals surface area contributed by atoms with Crippen LogP contribution in [-0.4, -0.2) is 43.2 Å². The van der Waals surface area contributed by atoms with Crippen LogP contribution in [0.25, 0.3) is 0 Å². The van der Waals surface area contributed by atoms with Crippen molar-refractivity contribution in [3.05, 3.63) is 59.2 Å². The number of aliphatic imine (C=N–C) groups is 1. The number of methoxy groups -OCH3 is 2. The molecule has 29 heavy (non-hydrogen) atoms. The second kappa shape index (κ2) is 10.1. The summed E-state index contributed by atoms with van der Waals surface area (Å²) < 4.78 is 10.5. The third kappa shape index (κ3) is 6.22. The van der Waals surface area contributed by atoms with Crippen LogP contribution in [-0.2, 0) is 17.8 Å². The molecule has 9 heteroatoms. The van der Waals surface area contributed by atoms with Gasteiger partial charge in [0.15, 0.2) is 5.96 Å². The van der Waals surface area contributed by atoms with Crippen LogP contribution >= 0.6 is 0 Å². The fraction of sp³-hybridized carbons (Fsp3) is 0.250. The number of guanidine groups is 1. The van der Waals surface area contributed by atoms with E-state index in [0.717, 1.165) is 5.56 Å². The Morgan fingerprint density at radius 1 is 1.14 bits per heavy atom. The van der Waals surface area contributed by atoms with Crippen molar-refractivity contribution in [1.82, 2.24) is 5.32 Å². The number of hydrogen-bond acceptors (Lipinski definition) is 5. The molecular formula is C20H24N4O5. The zero-order valence-corrected chi connectivity index (χ0v) is 16.2. The van der Waals surface area contributed by atoms with Gasteiger partial charge in [-0.3, -0.25) is 9.59 Å². The Kier molecular flexibility index (Phi) is 7.55. The molecule has 0 spiro atoms. The first-order chi connectivity index (χ1) is 13.8. The first-order valence-corrected chi connectivity index (χ1v) is 8.74. The molecular weight excluding hydrogens is 376 g/mol. The van der Waals surface area contributed by atoms with Gasteiger partial charge in [-0.05, 0) is 42.3 Å². The van der Waals surface area contributed by atoms with Gasteiger partial charge in [0.25, 0.3) is 5.91 Å². The van der Waals surface area contributed by atoms with Crippen LogP contribution in [0.3, 0.4) is 0 Å². The maximum atomic E-state index is 12.3. The van der Waals surface area contributed by atoms with Gasteiger partial charge >= 0.3 is 5.97 Å². The molecule has 0 saturated carbocycles. The highest BCUT2D eigenvalue weighted by Crippen LogP contribution is 2.23. The van der Waals surface area contributed by atoms with E-state index in [1.54, 1.807) is 56.7 Å². The Balaban J connectivity index is 2.01. The van der Waals surface area contributed by atoms with Crippen LogP contribution < -0.4 is 26.3 Å². The summed E-state index contributed by atoms with van der Waals surface area (Å²) in [5.41, 5.74) is 13.1. The molecule has 0 saturated heterocycles. The van der Waals surface area contributed by atoms with E-state index in [1.807, 2.05) is 0 Å². The highest BCUT2D eigenvalue weighted by Gasteiger charge is 2.13. The van der Waals surface area contributed by atoms with Gasteiger partial charge < -0.3 is 31.4 Å². The number of carboxylic acid groups (broad SMARTS) is 1. The Morgan fingerprint density at radius 3 is 2.41 bits per heavy atom. The van der Waals surface area contributed by atoms with E-state index in [0.29, 0.717) is 22.6 Å². The topological polar surface area (TPSA) is 149 Å². The van der Waals surface area contributed by atoms with Crippen LogP contribution in [0.4, 0.5) is 0 Å². The van der Waals surface area contributed by atoms with E-state index in [4.69, 9.17) is 26.0 Å². The quantitative estimate of drug-likeness (QED) is 0.377. The van der Waals surface area contributed by atoms with Crippen LogP contribution in [0.2, 0.25) is 0 Å². The van der Waals surface area contributed by atoms with E-state index in [9.17, 15) is 9.59 Å². The average molecular weight is 400 g/mol. The van der Waals surface area contributed by atoms with Crippen molar-refractivity contribution < 1.29 is 24.2 Å². The van der Waals surface area contributed by atoms with Crippen molar-refractivity contribution in [2.75, 3.05) is 14.2 Å². The Morgan fingerprint density at radius 2 is 1.83 bits per heavy atom. The van der Waals surface area contributed by atoms with Gasteiger partial charge in [0.1, 0.15) is 17.5 Å². The third-order valence-electron chi connectivity index (χ3n) is 4.14. The lowest BCUT2D eigenvalue weighted by atomic mass is 10.0. The summed E-state index contributed by atoms with van der Waals surface area (Å²) in [6.07, 6.45) is 0.166. The van der Waals surface area contributed by atoms with Gasteiger partial charge in [0, 0.05) is 17.7 Å². The molecule has 0 aromatic heterocycles. The van der Waals surface area contributed by atoms with E-state index in [-0.39, 0.29) is 18.9 Å². The summed E-state index contributed by atoms with van der Waals surface area (Å²) in [7, 11) is 3.12. The second-order valence-electron chi connectivity index (χ2n) is 6.18. The molecule has 0 bridgehead atoms. The number of amides is 1. The van der Waals surface area contributed by atoms with Gasteiger partial charge in [-0.2, -0.15) is 4.99 Å². The van der Waals surface area contributed by atoms with Crippen LogP contribution in [0, 0.1) is 0 Å². The monoisotopic (exact) mass is 400 g/mol. The molecule has 2 rings (SSSR count). The molecule has 1 unspecified atom stereocenters. The second-order valence-corrected chi connectivity index (χ2v) is 6.18. The maximum absolute atomic E-state index is 12.3. The number of nitrogens with zero attached hydrogens (tertiary/aromatic N) is 1. The molecule has 9 nitrogen and oxygen atoms in total. The standard InChI is InChI=1S/C20H24N4O5/c1-28-15-7-8-17(29-2)14(10-15)11-23-20(22)24-18(25)13-5-3-12(4-6-13)9-16(21)19(26)27/h3-8,10,16H,9,11,21H2,1-2H3,(H,26,27)(H3,22,23,24,25). The fourth-order valence-corrected chi connectivity index (χ4v) is 2.54. The van der Waals surface area contributed by atoms with Crippen molar-refractivity contribution in [3.63, 3.8) is 0 Å². The van der Waals surface area contributed by atoms with E-state index in [2.05, 4.69) is 10.3 Å². The van der Waals surface area contributed by atoms with E-state index < -0.39 is 17.9 Å². The molecule has 0 heterocycles. The number of carbonyl (C=O) groups excluding carboxylic acids is 1. The molecule has 1 amide bonds. The minimum absolute atomic E-state index is 0.0446. The van der Waals surface area contributed by atoms with Crippen LogP contribution in [0.1, 0.15) is 21.5 Å². The SMILES string of the molecule is COc1ccc(OC)c(CNC(N)=NC(=O)c2ccc(CC(N)C(=O)O)cc2)c1. The molecule has 0 radical (unpaired) electrons. The van der Waals surface area contributed by atoms with Crippen molar-refractivity contribution in [2.45, 2.75) is 19.0 Å². The van der Waals surface area contributed by atoms with Crippen molar-refractivity contribution in [1.29, 1.82) is 0 Å². The van der Waals surface area contributed by atoms with Crippen LogP contribution in [0.15, 0.2) is 47.5 Å². The third-order valence-corrected chi connectivity index (χ3v) is 4.14. The number of nitrogens with one attached hydrogen (secondary N) is 1. The van der Waals surface area contributed by atoms with E-state index in [1.165, 1.54) is 0 Å². The van der Waals surface area contributed by atoms with Crippen molar-refractivity contribution in [2.24, 2.45) is 16.5 Å². The number of nitrogens with two attached hydrogens (primary N) is 2. The molecule has 2 aromatic carbocycles. The number of rotatable bonds is 8. The number of aliphatic carboxylic acids is 1. The number of benzene rings is 2. The minimum Gasteiger partial charge on any atom is -0.497 e. The molecule has 1 atom stereocenters. The molecule has 0 aliphatic carbocycles. The summed E-state index contributed by atoms with van der Waals surface area (Å²) in [4.78, 5) is 26.9. The van der Waals surface area contributed by atoms with Crippen molar-refractivity contribution in [3.8, 4) is 11.5 Å². The average Bonchev–Trinajstić information content (AvgIpc) is 2.72. The van der Waals surface area contributed by atoms with Crippen molar-refractivity contribution >= 4 is 17.8 Å². The number of carboxylic acids is 1. The predicted octanol–water partition coefficient (Wildman–Crippen LogP) is 0.903. The van der Waals surface area contributed by atoms with Gasteiger partial charge in [-0.15, -0.1) is 0 Å². The van der Waals surface area contributed by atoms with Gasteiger partial charge in [-0.25, -0.2) is 0 Å². The molecule has 0 aliphatic rings. The lowest BCUT2D eigenvalue weighted by Crippen LogP contribution is -2.32. The molecule has 2 aromatic rings. The number of hydrogen-bond donors (Lipinski definition) is 4. The highest BCUT2D eigenvalue weighted by molar-refractivity contribution is 6.02. The maximum Gasteiger partial charge on any atom is 0.320 e. The highest BCUT2D eigenvalue weighted by atomic mass is 16.5. The lowest BCUT2D eigenvalue weighted by Gasteiger charge is -2.11. The zero-order valence-electron chi connectivity index (χ0n) is 16.2. The summed E-state index contributed by atoms with van der Waals surface area (Å²) in [6.45, 7) is 0.287. The summed E-state index contributed by atoms with van der Waals surface area (Å²) in [6, 6.07) is 10.7.